The first-order valence-corrected chi connectivity index (χ1v) is 10.1. The molecule has 0 bridgehead atoms. The van der Waals surface area contributed by atoms with Crippen molar-refractivity contribution in [2.45, 2.75) is 31.8 Å². The van der Waals surface area contributed by atoms with Crippen LogP contribution < -0.4 is 15.8 Å². The zero-order chi connectivity index (χ0) is 20.5. The van der Waals surface area contributed by atoms with E-state index in [0.29, 0.717) is 41.9 Å². The van der Waals surface area contributed by atoms with E-state index in [1.165, 1.54) is 11.8 Å². The summed E-state index contributed by atoms with van der Waals surface area (Å²) in [6.07, 6.45) is 0.877. The van der Waals surface area contributed by atoms with Gasteiger partial charge in [0, 0.05) is 22.8 Å². The van der Waals surface area contributed by atoms with E-state index < -0.39 is 5.91 Å². The number of ether oxygens (including phenoxy) is 1. The molecule has 1 heterocycles. The minimum absolute atomic E-state index is 0.0642. The SMILES string of the molecule is Cc1nc(SCC(N)=O)nc(C)c1CCC(=O)NCCOc1ccc(Cl)cc1. The molecule has 0 atom stereocenters. The van der Waals surface area contributed by atoms with Gasteiger partial charge < -0.3 is 15.8 Å². The Hall–Kier alpha value is -2.32. The van der Waals surface area contributed by atoms with Crippen LogP contribution in [0.15, 0.2) is 29.4 Å². The lowest BCUT2D eigenvalue weighted by Gasteiger charge is -2.11. The topological polar surface area (TPSA) is 107 Å². The molecule has 1 aromatic carbocycles. The van der Waals surface area contributed by atoms with Gasteiger partial charge >= 0.3 is 0 Å². The maximum Gasteiger partial charge on any atom is 0.227 e. The molecule has 3 N–H and O–H groups in total. The first-order chi connectivity index (χ1) is 13.3. The van der Waals surface area contributed by atoms with E-state index in [9.17, 15) is 9.59 Å². The van der Waals surface area contributed by atoms with Gasteiger partial charge in [0.2, 0.25) is 11.8 Å². The van der Waals surface area contributed by atoms with Crippen molar-refractivity contribution in [3.05, 3.63) is 46.2 Å². The van der Waals surface area contributed by atoms with Crippen molar-refractivity contribution < 1.29 is 14.3 Å². The van der Waals surface area contributed by atoms with Gasteiger partial charge in [-0.2, -0.15) is 0 Å². The van der Waals surface area contributed by atoms with Gasteiger partial charge in [0.25, 0.3) is 0 Å². The molecule has 150 valence electrons. The van der Waals surface area contributed by atoms with Gasteiger partial charge in [-0.1, -0.05) is 23.4 Å². The number of primary amides is 1. The smallest absolute Gasteiger partial charge is 0.227 e. The lowest BCUT2D eigenvalue weighted by molar-refractivity contribution is -0.121. The van der Waals surface area contributed by atoms with Gasteiger partial charge in [0.05, 0.1) is 12.3 Å². The standard InChI is InChI=1S/C19H23ClN4O3S/c1-12-16(13(2)24-19(23-12)28-11-17(21)25)7-8-18(26)22-9-10-27-15-5-3-14(20)4-6-15/h3-6H,7-11H2,1-2H3,(H2,21,25)(H,22,26). The fourth-order valence-corrected chi connectivity index (χ4v) is 3.29. The fraction of sp³-hybridized carbons (Fsp3) is 0.368. The third-order valence-corrected chi connectivity index (χ3v) is 4.97. The Bertz CT molecular complexity index is 807. The lowest BCUT2D eigenvalue weighted by atomic mass is 10.1. The molecule has 0 aliphatic heterocycles. The van der Waals surface area contributed by atoms with Crippen molar-refractivity contribution in [2.24, 2.45) is 5.73 Å². The number of carbonyl (C=O) groups is 2. The average Bonchev–Trinajstić information content (AvgIpc) is 2.64. The number of nitrogens with two attached hydrogens (primary N) is 1. The summed E-state index contributed by atoms with van der Waals surface area (Å²) in [7, 11) is 0. The van der Waals surface area contributed by atoms with Crippen molar-refractivity contribution in [3.63, 3.8) is 0 Å². The first kappa shape index (κ1) is 22.0. The molecule has 2 aromatic rings. The number of hydrogen-bond acceptors (Lipinski definition) is 6. The monoisotopic (exact) mass is 422 g/mol. The summed E-state index contributed by atoms with van der Waals surface area (Å²) in [6.45, 7) is 4.53. The van der Waals surface area contributed by atoms with Crippen LogP contribution in [0.2, 0.25) is 5.02 Å². The Labute approximate surface area is 173 Å². The quantitative estimate of drug-likeness (QED) is 0.346. The molecule has 0 aliphatic carbocycles. The third kappa shape index (κ3) is 7.36. The summed E-state index contributed by atoms with van der Waals surface area (Å²) >= 11 is 7.02. The highest BCUT2D eigenvalue weighted by molar-refractivity contribution is 7.99. The molecule has 0 spiro atoms. The van der Waals surface area contributed by atoms with E-state index in [-0.39, 0.29) is 11.7 Å². The van der Waals surface area contributed by atoms with Crippen LogP contribution in [0, 0.1) is 13.8 Å². The van der Waals surface area contributed by atoms with Crippen LogP contribution in [0.4, 0.5) is 0 Å². The van der Waals surface area contributed by atoms with Crippen molar-refractivity contribution in [2.75, 3.05) is 18.9 Å². The minimum atomic E-state index is -0.412. The predicted molar refractivity (Wildman–Crippen MR) is 110 cm³/mol. The van der Waals surface area contributed by atoms with Crippen LogP contribution in [0.3, 0.4) is 0 Å². The Morgan fingerprint density at radius 1 is 1.18 bits per heavy atom. The molecule has 7 nitrogen and oxygen atoms in total. The van der Waals surface area contributed by atoms with Crippen LogP contribution in [-0.2, 0) is 16.0 Å². The summed E-state index contributed by atoms with van der Waals surface area (Å²) in [4.78, 5) is 31.7. The van der Waals surface area contributed by atoms with Crippen molar-refractivity contribution in [1.82, 2.24) is 15.3 Å². The maximum absolute atomic E-state index is 12.1. The highest BCUT2D eigenvalue weighted by Crippen LogP contribution is 2.19. The summed E-state index contributed by atoms with van der Waals surface area (Å²) in [5.74, 6) is 0.366. The second-order valence-electron chi connectivity index (χ2n) is 6.06. The first-order valence-electron chi connectivity index (χ1n) is 8.75. The van der Waals surface area contributed by atoms with Gasteiger partial charge in [-0.3, -0.25) is 9.59 Å². The van der Waals surface area contributed by atoms with E-state index in [0.717, 1.165) is 17.0 Å². The molecule has 0 unspecified atom stereocenters. The number of rotatable bonds is 10. The number of halogens is 1. The molecule has 1 aromatic heterocycles. The average molecular weight is 423 g/mol. The Morgan fingerprint density at radius 2 is 1.82 bits per heavy atom. The molecule has 0 saturated heterocycles. The number of thioether (sulfide) groups is 1. The van der Waals surface area contributed by atoms with E-state index in [4.69, 9.17) is 22.1 Å². The molecular weight excluding hydrogens is 400 g/mol. The number of nitrogens with zero attached hydrogens (tertiary/aromatic N) is 2. The van der Waals surface area contributed by atoms with Crippen molar-refractivity contribution in [3.8, 4) is 5.75 Å². The number of hydrogen-bond donors (Lipinski definition) is 2. The minimum Gasteiger partial charge on any atom is -0.492 e. The second-order valence-corrected chi connectivity index (χ2v) is 7.44. The highest BCUT2D eigenvalue weighted by Gasteiger charge is 2.11. The van der Waals surface area contributed by atoms with E-state index in [1.54, 1.807) is 24.3 Å². The van der Waals surface area contributed by atoms with Crippen LogP contribution >= 0.6 is 23.4 Å². The van der Waals surface area contributed by atoms with Crippen LogP contribution in [0.1, 0.15) is 23.4 Å². The summed E-state index contributed by atoms with van der Waals surface area (Å²) in [5.41, 5.74) is 7.69. The second kappa shape index (κ2) is 10.9. The predicted octanol–water partition coefficient (Wildman–Crippen LogP) is 2.45. The zero-order valence-corrected chi connectivity index (χ0v) is 17.4. The van der Waals surface area contributed by atoms with Gasteiger partial charge in [0.1, 0.15) is 12.4 Å². The van der Waals surface area contributed by atoms with Crippen LogP contribution in [-0.4, -0.2) is 40.7 Å². The lowest BCUT2D eigenvalue weighted by Crippen LogP contribution is -2.28. The molecule has 9 heteroatoms. The molecular formula is C19H23ClN4O3S. The third-order valence-electron chi connectivity index (χ3n) is 3.85. The van der Waals surface area contributed by atoms with Crippen molar-refractivity contribution >= 4 is 35.2 Å². The van der Waals surface area contributed by atoms with E-state index >= 15 is 0 Å². The largest absolute Gasteiger partial charge is 0.492 e. The van der Waals surface area contributed by atoms with E-state index in [2.05, 4.69) is 15.3 Å². The molecule has 2 rings (SSSR count). The molecule has 28 heavy (non-hydrogen) atoms. The van der Waals surface area contributed by atoms with Gasteiger partial charge in [-0.05, 0) is 50.1 Å². The summed E-state index contributed by atoms with van der Waals surface area (Å²) in [5, 5.41) is 3.99. The maximum atomic E-state index is 12.1. The fourth-order valence-electron chi connectivity index (χ4n) is 2.49. The Balaban J connectivity index is 1.75. The zero-order valence-electron chi connectivity index (χ0n) is 15.8. The molecule has 0 radical (unpaired) electrons. The normalized spacial score (nSPS) is 10.5. The number of aromatic nitrogens is 2. The number of amides is 2. The Morgan fingerprint density at radius 3 is 2.43 bits per heavy atom. The van der Waals surface area contributed by atoms with Gasteiger partial charge in [0.15, 0.2) is 5.16 Å². The van der Waals surface area contributed by atoms with Crippen LogP contribution in [0.5, 0.6) is 5.75 Å². The van der Waals surface area contributed by atoms with Crippen molar-refractivity contribution in [1.29, 1.82) is 0 Å². The summed E-state index contributed by atoms with van der Waals surface area (Å²) < 4.78 is 5.54. The summed E-state index contributed by atoms with van der Waals surface area (Å²) in [6, 6.07) is 7.06. The molecule has 0 saturated carbocycles. The van der Waals surface area contributed by atoms with E-state index in [1.807, 2.05) is 13.8 Å². The number of benzene rings is 1. The van der Waals surface area contributed by atoms with Gasteiger partial charge in [-0.15, -0.1) is 0 Å². The number of aryl methyl sites for hydroxylation is 2. The molecule has 0 fully saturated rings. The number of carbonyl (C=O) groups excluding carboxylic acids is 2. The number of nitrogens with one attached hydrogen (secondary N) is 1. The van der Waals surface area contributed by atoms with Crippen LogP contribution in [0.25, 0.3) is 0 Å². The molecule has 0 aliphatic rings. The molecule has 2 amide bonds. The van der Waals surface area contributed by atoms with Gasteiger partial charge in [-0.25, -0.2) is 9.97 Å². The Kier molecular flexibility index (Phi) is 8.53. The highest BCUT2D eigenvalue weighted by atomic mass is 35.5.